The molecule has 3 heteroatoms. The molecule has 1 aliphatic heterocycles. The van der Waals surface area contributed by atoms with Gasteiger partial charge in [0.15, 0.2) is 0 Å². The molecular weight excluding hydrogens is 226 g/mol. The first-order valence-corrected chi connectivity index (χ1v) is 6.59. The largest absolute Gasteiger partial charge is 0.480 e. The Morgan fingerprint density at radius 2 is 1.78 bits per heavy atom. The molecule has 0 spiro atoms. The van der Waals surface area contributed by atoms with Crippen molar-refractivity contribution in [1.29, 1.82) is 0 Å². The van der Waals surface area contributed by atoms with Crippen LogP contribution in [-0.4, -0.2) is 29.1 Å². The van der Waals surface area contributed by atoms with Crippen LogP contribution in [0.25, 0.3) is 0 Å². The molecule has 0 bridgehead atoms. The van der Waals surface area contributed by atoms with Crippen LogP contribution in [0.15, 0.2) is 30.3 Å². The molecule has 0 unspecified atom stereocenters. The molecule has 98 valence electrons. The van der Waals surface area contributed by atoms with Crippen LogP contribution in [-0.2, 0) is 4.79 Å². The minimum Gasteiger partial charge on any atom is -0.480 e. The highest BCUT2D eigenvalue weighted by atomic mass is 16.4. The molecule has 3 atom stereocenters. The highest BCUT2D eigenvalue weighted by Gasteiger charge is 2.32. The Bertz CT molecular complexity index is 394. The van der Waals surface area contributed by atoms with E-state index in [9.17, 15) is 9.90 Å². The maximum Gasteiger partial charge on any atom is 0.325 e. The topological polar surface area (TPSA) is 40.5 Å². The van der Waals surface area contributed by atoms with Gasteiger partial charge in [-0.1, -0.05) is 44.2 Å². The molecule has 18 heavy (non-hydrogen) atoms. The van der Waals surface area contributed by atoms with E-state index in [2.05, 4.69) is 18.7 Å². The zero-order chi connectivity index (χ0) is 13.1. The number of benzene rings is 1. The fourth-order valence-corrected chi connectivity index (χ4v) is 3.07. The van der Waals surface area contributed by atoms with E-state index in [0.717, 1.165) is 18.7 Å². The zero-order valence-corrected chi connectivity index (χ0v) is 11.0. The third kappa shape index (κ3) is 2.91. The number of hydrogen-bond acceptors (Lipinski definition) is 2. The Labute approximate surface area is 108 Å². The lowest BCUT2D eigenvalue weighted by atomic mass is 9.90. The monoisotopic (exact) mass is 247 g/mol. The summed E-state index contributed by atoms with van der Waals surface area (Å²) in [6.07, 6.45) is 1.19. The van der Waals surface area contributed by atoms with E-state index >= 15 is 0 Å². The smallest absolute Gasteiger partial charge is 0.325 e. The van der Waals surface area contributed by atoms with E-state index in [1.807, 2.05) is 30.3 Å². The van der Waals surface area contributed by atoms with Crippen molar-refractivity contribution in [2.45, 2.75) is 26.3 Å². The lowest BCUT2D eigenvalue weighted by Crippen LogP contribution is -2.43. The van der Waals surface area contributed by atoms with Gasteiger partial charge in [-0.05, 0) is 23.8 Å². The summed E-state index contributed by atoms with van der Waals surface area (Å²) in [4.78, 5) is 13.7. The van der Waals surface area contributed by atoms with Crippen molar-refractivity contribution in [2.24, 2.45) is 11.8 Å². The number of carboxylic acids is 1. The summed E-state index contributed by atoms with van der Waals surface area (Å²) in [6.45, 7) is 6.14. The molecule has 0 amide bonds. The molecule has 1 aromatic carbocycles. The Kier molecular flexibility index (Phi) is 4.02. The standard InChI is InChI=1S/C15H21NO2/c1-11-8-12(2)10-16(9-11)14(15(17)18)13-6-4-3-5-7-13/h3-7,11-12,14H,8-10H2,1-2H3,(H,17,18)/t11-,12+,14-/m1/s1. The third-order valence-corrected chi connectivity index (χ3v) is 3.61. The number of aliphatic carboxylic acids is 1. The van der Waals surface area contributed by atoms with Gasteiger partial charge in [0.05, 0.1) is 0 Å². The van der Waals surface area contributed by atoms with Gasteiger partial charge in [0, 0.05) is 13.1 Å². The van der Waals surface area contributed by atoms with Crippen molar-refractivity contribution in [3.63, 3.8) is 0 Å². The van der Waals surface area contributed by atoms with Gasteiger partial charge in [-0.25, -0.2) is 0 Å². The Hall–Kier alpha value is -1.35. The van der Waals surface area contributed by atoms with Crippen LogP contribution >= 0.6 is 0 Å². The lowest BCUT2D eigenvalue weighted by Gasteiger charge is -2.38. The highest BCUT2D eigenvalue weighted by Crippen LogP contribution is 2.29. The molecule has 1 saturated heterocycles. The number of likely N-dealkylation sites (tertiary alicyclic amines) is 1. The number of carbonyl (C=O) groups is 1. The maximum atomic E-state index is 11.6. The Morgan fingerprint density at radius 3 is 2.28 bits per heavy atom. The Balaban J connectivity index is 2.23. The first-order chi connectivity index (χ1) is 8.58. The molecule has 1 aromatic rings. The fourth-order valence-electron chi connectivity index (χ4n) is 3.07. The number of nitrogens with zero attached hydrogens (tertiary/aromatic N) is 1. The quantitative estimate of drug-likeness (QED) is 0.893. The van der Waals surface area contributed by atoms with E-state index in [-0.39, 0.29) is 0 Å². The van der Waals surface area contributed by atoms with Crippen molar-refractivity contribution in [1.82, 2.24) is 4.90 Å². The van der Waals surface area contributed by atoms with Gasteiger partial charge < -0.3 is 5.11 Å². The van der Waals surface area contributed by atoms with Crippen molar-refractivity contribution in [3.05, 3.63) is 35.9 Å². The summed E-state index contributed by atoms with van der Waals surface area (Å²) in [7, 11) is 0. The summed E-state index contributed by atoms with van der Waals surface area (Å²) in [5.74, 6) is 0.390. The number of piperidine rings is 1. The molecule has 0 saturated carbocycles. The second-order valence-electron chi connectivity index (χ2n) is 5.55. The SMILES string of the molecule is C[C@@H]1C[C@H](C)CN([C@@H](C(=O)O)c2ccccc2)C1. The molecule has 1 fully saturated rings. The van der Waals surface area contributed by atoms with Gasteiger partial charge in [-0.2, -0.15) is 0 Å². The molecule has 1 heterocycles. The van der Waals surface area contributed by atoms with E-state index < -0.39 is 12.0 Å². The summed E-state index contributed by atoms with van der Waals surface area (Å²) in [5.41, 5.74) is 0.881. The second-order valence-corrected chi connectivity index (χ2v) is 5.55. The fraction of sp³-hybridized carbons (Fsp3) is 0.533. The summed E-state index contributed by atoms with van der Waals surface area (Å²) in [5, 5.41) is 9.51. The normalized spacial score (nSPS) is 26.8. The second kappa shape index (κ2) is 5.53. The summed E-state index contributed by atoms with van der Waals surface area (Å²) >= 11 is 0. The molecule has 0 aromatic heterocycles. The van der Waals surface area contributed by atoms with Crippen LogP contribution in [0.4, 0.5) is 0 Å². The van der Waals surface area contributed by atoms with Gasteiger partial charge in [-0.15, -0.1) is 0 Å². The van der Waals surface area contributed by atoms with Crippen LogP contribution in [0.5, 0.6) is 0 Å². The van der Waals surface area contributed by atoms with Crippen LogP contribution in [0, 0.1) is 11.8 Å². The van der Waals surface area contributed by atoms with Crippen molar-refractivity contribution < 1.29 is 9.90 Å². The van der Waals surface area contributed by atoms with Crippen LogP contribution in [0.3, 0.4) is 0 Å². The molecule has 1 aliphatic rings. The van der Waals surface area contributed by atoms with E-state index in [0.29, 0.717) is 11.8 Å². The minimum atomic E-state index is -0.748. The van der Waals surface area contributed by atoms with Crippen molar-refractivity contribution >= 4 is 5.97 Å². The summed E-state index contributed by atoms with van der Waals surface area (Å²) < 4.78 is 0. The van der Waals surface area contributed by atoms with E-state index in [4.69, 9.17) is 0 Å². The van der Waals surface area contributed by atoms with E-state index in [1.165, 1.54) is 6.42 Å². The number of carboxylic acid groups (broad SMARTS) is 1. The minimum absolute atomic E-state index is 0.503. The third-order valence-electron chi connectivity index (χ3n) is 3.61. The molecular formula is C15H21NO2. The van der Waals surface area contributed by atoms with Crippen LogP contribution in [0.1, 0.15) is 31.9 Å². The van der Waals surface area contributed by atoms with Crippen molar-refractivity contribution in [3.8, 4) is 0 Å². The number of rotatable bonds is 3. The van der Waals surface area contributed by atoms with Gasteiger partial charge >= 0.3 is 5.97 Å². The lowest BCUT2D eigenvalue weighted by molar-refractivity contribution is -0.144. The van der Waals surface area contributed by atoms with E-state index in [1.54, 1.807) is 0 Å². The Morgan fingerprint density at radius 1 is 1.22 bits per heavy atom. The molecule has 1 N–H and O–H groups in total. The van der Waals surface area contributed by atoms with Crippen LogP contribution < -0.4 is 0 Å². The highest BCUT2D eigenvalue weighted by molar-refractivity contribution is 5.75. The first kappa shape index (κ1) is 13.1. The predicted molar refractivity (Wildman–Crippen MR) is 71.3 cm³/mol. The average Bonchev–Trinajstić information content (AvgIpc) is 2.28. The zero-order valence-electron chi connectivity index (χ0n) is 11.0. The molecule has 0 aliphatic carbocycles. The molecule has 0 radical (unpaired) electrons. The predicted octanol–water partition coefficient (Wildman–Crippen LogP) is 2.79. The van der Waals surface area contributed by atoms with Gasteiger partial charge in [0.2, 0.25) is 0 Å². The van der Waals surface area contributed by atoms with Gasteiger partial charge in [0.25, 0.3) is 0 Å². The number of hydrogen-bond donors (Lipinski definition) is 1. The summed E-state index contributed by atoms with van der Waals surface area (Å²) in [6, 6.07) is 9.04. The molecule has 2 rings (SSSR count). The van der Waals surface area contributed by atoms with Crippen LogP contribution in [0.2, 0.25) is 0 Å². The molecule has 3 nitrogen and oxygen atoms in total. The first-order valence-electron chi connectivity index (χ1n) is 6.59. The average molecular weight is 247 g/mol. The van der Waals surface area contributed by atoms with Gasteiger partial charge in [0.1, 0.15) is 6.04 Å². The van der Waals surface area contributed by atoms with Gasteiger partial charge in [-0.3, -0.25) is 9.69 Å². The van der Waals surface area contributed by atoms with Crippen molar-refractivity contribution in [2.75, 3.05) is 13.1 Å². The maximum absolute atomic E-state index is 11.6.